The third-order valence-electron chi connectivity index (χ3n) is 9.18. The van der Waals surface area contributed by atoms with Crippen molar-refractivity contribution in [2.45, 2.75) is 78.7 Å². The minimum atomic E-state index is -0.0737. The average Bonchev–Trinajstić information content (AvgIpc) is 2.83. The molecule has 4 fully saturated rings. The van der Waals surface area contributed by atoms with E-state index in [1.54, 1.807) is 0 Å². The molecule has 140 valence electrons. The second kappa shape index (κ2) is 5.57. The van der Waals surface area contributed by atoms with Gasteiger partial charge in [-0.3, -0.25) is 9.59 Å². The SMILES string of the molecule is CC(C)[C@@H]1CC(=O)[C@@]2(C)CC[C@H]3[C@@H](CC[C@H]4N(C)C(=O)CC[C@]34C)[C@H]12. The van der Waals surface area contributed by atoms with Crippen LogP contribution in [0.1, 0.15) is 72.6 Å². The number of likely N-dealkylation sites (tertiary alicyclic amines) is 1. The summed E-state index contributed by atoms with van der Waals surface area (Å²) in [7, 11) is 2.02. The van der Waals surface area contributed by atoms with Crippen molar-refractivity contribution in [2.75, 3.05) is 7.05 Å². The number of carbonyl (C=O) groups excluding carboxylic acids is 2. The van der Waals surface area contributed by atoms with Crippen LogP contribution in [0.4, 0.5) is 0 Å². The van der Waals surface area contributed by atoms with E-state index in [1.807, 2.05) is 7.05 Å². The van der Waals surface area contributed by atoms with Gasteiger partial charge in [0.05, 0.1) is 0 Å². The smallest absolute Gasteiger partial charge is 0.222 e. The number of amides is 1. The van der Waals surface area contributed by atoms with Crippen molar-refractivity contribution in [1.29, 1.82) is 0 Å². The summed E-state index contributed by atoms with van der Waals surface area (Å²) in [4.78, 5) is 27.2. The normalized spacial score (nSPS) is 49.8. The molecule has 0 aromatic rings. The highest BCUT2D eigenvalue weighted by molar-refractivity contribution is 5.87. The number of nitrogens with zero attached hydrogens (tertiary/aromatic N) is 1. The first-order chi connectivity index (χ1) is 11.7. The standard InChI is InChI=1S/C22H35NO2/c1-13(2)15-12-18(24)22(4)10-8-16-14(20(15)22)6-7-17-21(16,3)11-9-19(25)23(17)5/h13-17,20H,6-12H2,1-5H3/t14-,15+,16+,17-,20-,21-,22-/m1/s1. The Bertz CT molecular complexity index is 599. The van der Waals surface area contributed by atoms with Gasteiger partial charge in [-0.25, -0.2) is 0 Å². The predicted molar refractivity (Wildman–Crippen MR) is 98.9 cm³/mol. The van der Waals surface area contributed by atoms with Crippen LogP contribution in [0.2, 0.25) is 0 Å². The van der Waals surface area contributed by atoms with E-state index in [0.29, 0.717) is 53.7 Å². The third-order valence-corrected chi connectivity index (χ3v) is 9.18. The summed E-state index contributed by atoms with van der Waals surface area (Å²) in [5, 5.41) is 0. The lowest BCUT2D eigenvalue weighted by molar-refractivity contribution is -0.161. The molecule has 3 aliphatic carbocycles. The molecule has 4 aliphatic rings. The monoisotopic (exact) mass is 345 g/mol. The van der Waals surface area contributed by atoms with Crippen LogP contribution in [0, 0.1) is 40.4 Å². The van der Waals surface area contributed by atoms with Crippen molar-refractivity contribution < 1.29 is 9.59 Å². The summed E-state index contributed by atoms with van der Waals surface area (Å²) in [5.74, 6) is 3.96. The number of hydrogen-bond donors (Lipinski definition) is 0. The van der Waals surface area contributed by atoms with Gasteiger partial charge in [-0.15, -0.1) is 0 Å². The summed E-state index contributed by atoms with van der Waals surface area (Å²) in [6.07, 6.45) is 7.16. The molecule has 3 nitrogen and oxygen atoms in total. The number of hydrogen-bond acceptors (Lipinski definition) is 2. The molecule has 1 heterocycles. The fourth-order valence-corrected chi connectivity index (χ4v) is 7.74. The quantitative estimate of drug-likeness (QED) is 0.710. The molecule has 0 bridgehead atoms. The lowest BCUT2D eigenvalue weighted by atomic mass is 9.46. The predicted octanol–water partition coefficient (Wildman–Crippen LogP) is 4.30. The maximum atomic E-state index is 12.9. The average molecular weight is 346 g/mol. The van der Waals surface area contributed by atoms with Crippen LogP contribution in [0.25, 0.3) is 0 Å². The van der Waals surface area contributed by atoms with Gasteiger partial charge in [0.25, 0.3) is 0 Å². The lowest BCUT2D eigenvalue weighted by Gasteiger charge is -2.61. The van der Waals surface area contributed by atoms with E-state index in [0.717, 1.165) is 25.7 Å². The van der Waals surface area contributed by atoms with Gasteiger partial charge >= 0.3 is 0 Å². The topological polar surface area (TPSA) is 37.4 Å². The van der Waals surface area contributed by atoms with Crippen LogP contribution in [-0.4, -0.2) is 29.7 Å². The maximum absolute atomic E-state index is 12.9. The van der Waals surface area contributed by atoms with Gasteiger partial charge in [-0.2, -0.15) is 0 Å². The van der Waals surface area contributed by atoms with Gasteiger partial charge in [0.15, 0.2) is 0 Å². The number of piperidine rings is 1. The summed E-state index contributed by atoms with van der Waals surface area (Å²) in [6, 6.07) is 0.411. The molecular formula is C22H35NO2. The second-order valence-corrected chi connectivity index (χ2v) is 10.4. The Morgan fingerprint density at radius 2 is 1.80 bits per heavy atom. The van der Waals surface area contributed by atoms with E-state index in [9.17, 15) is 9.59 Å². The molecule has 1 saturated heterocycles. The molecule has 0 unspecified atom stereocenters. The van der Waals surface area contributed by atoms with Crippen molar-refractivity contribution in [2.24, 2.45) is 40.4 Å². The molecule has 1 aliphatic heterocycles. The van der Waals surface area contributed by atoms with Crippen molar-refractivity contribution in [3.63, 3.8) is 0 Å². The number of fused-ring (bicyclic) bond motifs is 5. The third kappa shape index (κ3) is 2.23. The van der Waals surface area contributed by atoms with Gasteiger partial charge < -0.3 is 4.90 Å². The number of rotatable bonds is 1. The maximum Gasteiger partial charge on any atom is 0.222 e. The van der Waals surface area contributed by atoms with Crippen LogP contribution in [0.3, 0.4) is 0 Å². The highest BCUT2D eigenvalue weighted by Crippen LogP contribution is 2.65. The van der Waals surface area contributed by atoms with Gasteiger partial charge in [0.2, 0.25) is 5.91 Å². The minimum Gasteiger partial charge on any atom is -0.342 e. The van der Waals surface area contributed by atoms with Crippen molar-refractivity contribution in [3.05, 3.63) is 0 Å². The molecule has 0 N–H and O–H groups in total. The van der Waals surface area contributed by atoms with Crippen LogP contribution < -0.4 is 0 Å². The molecule has 0 aromatic heterocycles. The number of carbonyl (C=O) groups is 2. The Labute approximate surface area is 152 Å². The molecular weight excluding hydrogens is 310 g/mol. The van der Waals surface area contributed by atoms with Gasteiger partial charge in [-0.05, 0) is 67.1 Å². The van der Waals surface area contributed by atoms with Gasteiger partial charge in [-0.1, -0.05) is 27.7 Å². The van der Waals surface area contributed by atoms with E-state index in [-0.39, 0.29) is 10.8 Å². The molecule has 0 radical (unpaired) electrons. The van der Waals surface area contributed by atoms with Crippen LogP contribution >= 0.6 is 0 Å². The Hall–Kier alpha value is -0.860. The molecule has 4 rings (SSSR count). The molecule has 0 aromatic carbocycles. The van der Waals surface area contributed by atoms with Crippen LogP contribution in [0.5, 0.6) is 0 Å². The summed E-state index contributed by atoms with van der Waals surface area (Å²) >= 11 is 0. The zero-order valence-corrected chi connectivity index (χ0v) is 16.7. The van der Waals surface area contributed by atoms with Crippen molar-refractivity contribution >= 4 is 11.7 Å². The molecule has 3 saturated carbocycles. The first kappa shape index (κ1) is 17.5. The number of Topliss-reactive ketones (excluding diaryl/α,β-unsaturated/α-hetero) is 1. The minimum absolute atomic E-state index is 0.0737. The lowest BCUT2D eigenvalue weighted by Crippen LogP contribution is -2.61. The molecule has 7 atom stereocenters. The summed E-state index contributed by atoms with van der Waals surface area (Å²) in [5.41, 5.74) is 0.176. The van der Waals surface area contributed by atoms with Crippen LogP contribution in [-0.2, 0) is 9.59 Å². The van der Waals surface area contributed by atoms with Crippen LogP contribution in [0.15, 0.2) is 0 Å². The van der Waals surface area contributed by atoms with E-state index >= 15 is 0 Å². The van der Waals surface area contributed by atoms with E-state index in [1.165, 1.54) is 12.8 Å². The Balaban J connectivity index is 1.70. The Kier molecular flexibility index (Phi) is 3.91. The highest BCUT2D eigenvalue weighted by Gasteiger charge is 2.63. The van der Waals surface area contributed by atoms with Gasteiger partial charge in [0, 0.05) is 31.3 Å². The first-order valence-electron chi connectivity index (χ1n) is 10.5. The molecule has 0 spiro atoms. The van der Waals surface area contributed by atoms with E-state index in [2.05, 4.69) is 32.6 Å². The molecule has 25 heavy (non-hydrogen) atoms. The summed E-state index contributed by atoms with van der Waals surface area (Å²) < 4.78 is 0. The fraction of sp³-hybridized carbons (Fsp3) is 0.909. The zero-order chi connectivity index (χ0) is 18.1. The first-order valence-corrected chi connectivity index (χ1v) is 10.5. The molecule has 1 amide bonds. The van der Waals surface area contributed by atoms with Crippen molar-refractivity contribution in [1.82, 2.24) is 4.90 Å². The summed E-state index contributed by atoms with van der Waals surface area (Å²) in [6.45, 7) is 9.37. The van der Waals surface area contributed by atoms with E-state index < -0.39 is 0 Å². The van der Waals surface area contributed by atoms with Gasteiger partial charge in [0.1, 0.15) is 5.78 Å². The highest BCUT2D eigenvalue weighted by atomic mass is 16.2. The number of ketones is 1. The zero-order valence-electron chi connectivity index (χ0n) is 16.7. The van der Waals surface area contributed by atoms with Crippen molar-refractivity contribution in [3.8, 4) is 0 Å². The Morgan fingerprint density at radius 3 is 2.48 bits per heavy atom. The second-order valence-electron chi connectivity index (χ2n) is 10.4. The molecule has 3 heteroatoms. The van der Waals surface area contributed by atoms with E-state index in [4.69, 9.17) is 0 Å². The Morgan fingerprint density at radius 1 is 1.08 bits per heavy atom. The largest absolute Gasteiger partial charge is 0.342 e. The fourth-order valence-electron chi connectivity index (χ4n) is 7.74.